The number of fused-ring (bicyclic) bond motifs is 1. The van der Waals surface area contributed by atoms with Crippen LogP contribution in [-0.2, 0) is 4.74 Å². The van der Waals surface area contributed by atoms with Gasteiger partial charge in [0.15, 0.2) is 22.6 Å². The van der Waals surface area contributed by atoms with Crippen LogP contribution in [0.15, 0.2) is 51.9 Å². The van der Waals surface area contributed by atoms with Gasteiger partial charge in [0.1, 0.15) is 5.69 Å². The lowest BCUT2D eigenvalue weighted by atomic mass is 10.1. The highest BCUT2D eigenvalue weighted by molar-refractivity contribution is 5.87. The molecule has 0 unspecified atom stereocenters. The first kappa shape index (κ1) is 14.8. The third-order valence-corrected chi connectivity index (χ3v) is 4.12. The Morgan fingerprint density at radius 1 is 1.08 bits per heavy atom. The third kappa shape index (κ3) is 2.88. The van der Waals surface area contributed by atoms with Crippen molar-refractivity contribution in [2.75, 3.05) is 18.5 Å². The van der Waals surface area contributed by atoms with E-state index in [4.69, 9.17) is 9.15 Å². The van der Waals surface area contributed by atoms with E-state index in [9.17, 15) is 4.79 Å². The molecule has 1 saturated heterocycles. The molecule has 0 aromatic carbocycles. The van der Waals surface area contributed by atoms with Crippen LogP contribution < -0.4 is 10.7 Å². The minimum absolute atomic E-state index is 0.102. The van der Waals surface area contributed by atoms with Gasteiger partial charge in [0, 0.05) is 37.7 Å². The van der Waals surface area contributed by atoms with Crippen molar-refractivity contribution in [3.05, 3.63) is 52.9 Å². The molecule has 0 atom stereocenters. The fraction of sp³-hybridized carbons (Fsp3) is 0.278. The zero-order valence-corrected chi connectivity index (χ0v) is 13.1. The molecule has 0 saturated carbocycles. The number of nitrogens with one attached hydrogen (secondary N) is 1. The molecule has 0 spiro atoms. The van der Waals surface area contributed by atoms with Crippen molar-refractivity contribution in [3.8, 4) is 11.5 Å². The number of rotatable bonds is 3. The second kappa shape index (κ2) is 6.41. The van der Waals surface area contributed by atoms with Crippen molar-refractivity contribution in [3.63, 3.8) is 0 Å². The highest BCUT2D eigenvalue weighted by Crippen LogP contribution is 2.25. The van der Waals surface area contributed by atoms with Gasteiger partial charge in [-0.25, -0.2) is 4.98 Å². The number of hydrogen-bond acceptors (Lipinski definition) is 6. The summed E-state index contributed by atoms with van der Waals surface area (Å²) in [5, 5.41) is 3.90. The molecule has 122 valence electrons. The van der Waals surface area contributed by atoms with Gasteiger partial charge in [-0.15, -0.1) is 0 Å². The fourth-order valence-electron chi connectivity index (χ4n) is 2.85. The molecule has 0 bridgehead atoms. The van der Waals surface area contributed by atoms with E-state index in [0.29, 0.717) is 28.2 Å². The van der Waals surface area contributed by atoms with E-state index >= 15 is 0 Å². The Morgan fingerprint density at radius 2 is 1.96 bits per heavy atom. The predicted molar refractivity (Wildman–Crippen MR) is 91.0 cm³/mol. The molecule has 1 fully saturated rings. The topological polar surface area (TPSA) is 77.2 Å². The van der Waals surface area contributed by atoms with Gasteiger partial charge in [-0.2, -0.15) is 0 Å². The molecule has 1 aliphatic heterocycles. The van der Waals surface area contributed by atoms with Gasteiger partial charge >= 0.3 is 0 Å². The maximum absolute atomic E-state index is 12.5. The molecule has 6 heteroatoms. The van der Waals surface area contributed by atoms with Gasteiger partial charge in [-0.05, 0) is 31.0 Å². The lowest BCUT2D eigenvalue weighted by Crippen LogP contribution is -2.28. The number of hydrogen-bond donors (Lipinski definition) is 1. The largest absolute Gasteiger partial charge is 0.450 e. The van der Waals surface area contributed by atoms with E-state index < -0.39 is 0 Å². The van der Waals surface area contributed by atoms with E-state index in [1.54, 1.807) is 18.5 Å². The van der Waals surface area contributed by atoms with E-state index in [2.05, 4.69) is 15.3 Å². The van der Waals surface area contributed by atoms with Gasteiger partial charge in [-0.1, -0.05) is 6.07 Å². The summed E-state index contributed by atoms with van der Waals surface area (Å²) in [5.41, 5.74) is 0.990. The minimum Gasteiger partial charge on any atom is -0.450 e. The van der Waals surface area contributed by atoms with Gasteiger partial charge in [0.2, 0.25) is 0 Å². The van der Waals surface area contributed by atoms with Crippen molar-refractivity contribution >= 4 is 16.8 Å². The highest BCUT2D eigenvalue weighted by Gasteiger charge is 2.17. The fourth-order valence-corrected chi connectivity index (χ4v) is 2.85. The van der Waals surface area contributed by atoms with Crippen LogP contribution in [0.4, 0.5) is 5.82 Å². The molecule has 0 amide bonds. The van der Waals surface area contributed by atoms with Gasteiger partial charge in [0.25, 0.3) is 0 Å². The van der Waals surface area contributed by atoms with Crippen LogP contribution in [-0.4, -0.2) is 29.2 Å². The molecule has 6 nitrogen and oxygen atoms in total. The summed E-state index contributed by atoms with van der Waals surface area (Å²) in [4.78, 5) is 21.1. The Labute approximate surface area is 138 Å². The summed E-state index contributed by atoms with van der Waals surface area (Å²) in [5.74, 6) is 1.03. The van der Waals surface area contributed by atoms with Crippen LogP contribution in [0, 0.1) is 0 Å². The standard InChI is InChI=1S/C18H17N3O3/c22-15-11-16(14-3-1-2-7-19-14)24-17-13(15)4-8-20-18(17)21-12-5-9-23-10-6-12/h1-4,7-8,11-12H,5-6,9-10H2,(H,20,21). The Bertz CT molecular complexity index is 902. The van der Waals surface area contributed by atoms with Crippen LogP contribution >= 0.6 is 0 Å². The Morgan fingerprint density at radius 3 is 2.75 bits per heavy atom. The molecule has 24 heavy (non-hydrogen) atoms. The average molecular weight is 323 g/mol. The van der Waals surface area contributed by atoms with Crippen molar-refractivity contribution in [1.29, 1.82) is 0 Å². The molecule has 1 aliphatic rings. The highest BCUT2D eigenvalue weighted by atomic mass is 16.5. The summed E-state index contributed by atoms with van der Waals surface area (Å²) < 4.78 is 11.4. The van der Waals surface area contributed by atoms with Crippen LogP contribution in [0.25, 0.3) is 22.4 Å². The Hall–Kier alpha value is -2.73. The number of anilines is 1. The second-order valence-corrected chi connectivity index (χ2v) is 5.76. The molecule has 1 N–H and O–H groups in total. The van der Waals surface area contributed by atoms with Gasteiger partial charge < -0.3 is 14.5 Å². The molecule has 0 radical (unpaired) electrons. The van der Waals surface area contributed by atoms with E-state index in [-0.39, 0.29) is 11.5 Å². The zero-order chi connectivity index (χ0) is 16.4. The molecule has 4 heterocycles. The summed E-state index contributed by atoms with van der Waals surface area (Å²) in [6.45, 7) is 1.46. The second-order valence-electron chi connectivity index (χ2n) is 5.76. The van der Waals surface area contributed by atoms with Crippen molar-refractivity contribution in [2.24, 2.45) is 0 Å². The SMILES string of the molecule is O=c1cc(-c2ccccn2)oc2c(NC3CCOCC3)nccc12. The van der Waals surface area contributed by atoms with Crippen LogP contribution in [0.2, 0.25) is 0 Å². The minimum atomic E-state index is -0.102. The molecule has 4 rings (SSSR count). The average Bonchev–Trinajstić information content (AvgIpc) is 2.64. The monoisotopic (exact) mass is 323 g/mol. The van der Waals surface area contributed by atoms with Crippen LogP contribution in [0.1, 0.15) is 12.8 Å². The molecule has 3 aromatic rings. The van der Waals surface area contributed by atoms with Crippen molar-refractivity contribution in [1.82, 2.24) is 9.97 Å². The normalized spacial score (nSPS) is 15.5. The smallest absolute Gasteiger partial charge is 0.193 e. The number of pyridine rings is 2. The Balaban J connectivity index is 1.79. The van der Waals surface area contributed by atoms with E-state index in [1.165, 1.54) is 6.07 Å². The first-order valence-corrected chi connectivity index (χ1v) is 8.00. The first-order chi connectivity index (χ1) is 11.8. The first-order valence-electron chi connectivity index (χ1n) is 8.00. The van der Waals surface area contributed by atoms with E-state index in [1.807, 2.05) is 18.2 Å². The van der Waals surface area contributed by atoms with Gasteiger partial charge in [0.05, 0.1) is 5.39 Å². The van der Waals surface area contributed by atoms with Crippen molar-refractivity contribution in [2.45, 2.75) is 18.9 Å². The summed E-state index contributed by atoms with van der Waals surface area (Å²) in [6.07, 6.45) is 5.11. The maximum Gasteiger partial charge on any atom is 0.193 e. The molecule has 3 aromatic heterocycles. The lowest BCUT2D eigenvalue weighted by molar-refractivity contribution is 0.0904. The quantitative estimate of drug-likeness (QED) is 0.798. The maximum atomic E-state index is 12.5. The summed E-state index contributed by atoms with van der Waals surface area (Å²) in [7, 11) is 0. The van der Waals surface area contributed by atoms with Crippen LogP contribution in [0.3, 0.4) is 0 Å². The van der Waals surface area contributed by atoms with Crippen molar-refractivity contribution < 1.29 is 9.15 Å². The predicted octanol–water partition coefficient (Wildman–Crippen LogP) is 2.84. The molecular formula is C18H17N3O3. The summed E-state index contributed by atoms with van der Waals surface area (Å²) in [6, 6.07) is 8.91. The molecular weight excluding hydrogens is 306 g/mol. The van der Waals surface area contributed by atoms with E-state index in [0.717, 1.165) is 26.1 Å². The molecule has 0 aliphatic carbocycles. The number of nitrogens with zero attached hydrogens (tertiary/aromatic N) is 2. The van der Waals surface area contributed by atoms with Gasteiger partial charge in [-0.3, -0.25) is 9.78 Å². The Kier molecular flexibility index (Phi) is 3.96. The summed E-state index contributed by atoms with van der Waals surface area (Å²) >= 11 is 0. The third-order valence-electron chi connectivity index (χ3n) is 4.12. The number of ether oxygens (including phenoxy) is 1. The zero-order valence-electron chi connectivity index (χ0n) is 13.1. The van der Waals surface area contributed by atoms with Crippen LogP contribution in [0.5, 0.6) is 0 Å². The number of aromatic nitrogens is 2. The lowest BCUT2D eigenvalue weighted by Gasteiger charge is -2.23.